The summed E-state index contributed by atoms with van der Waals surface area (Å²) in [4.78, 5) is 18.6. The molecule has 1 fully saturated rings. The van der Waals surface area contributed by atoms with Crippen molar-refractivity contribution in [3.63, 3.8) is 0 Å². The topological polar surface area (TPSA) is 67.6 Å². The predicted octanol–water partition coefficient (Wildman–Crippen LogP) is 2.87. The Balaban J connectivity index is 1.57. The van der Waals surface area contributed by atoms with Gasteiger partial charge in [0.2, 0.25) is 0 Å². The molecule has 0 saturated carbocycles. The molecule has 1 N–H and O–H groups in total. The average Bonchev–Trinajstić information content (AvgIpc) is 2.99. The third-order valence-electron chi connectivity index (χ3n) is 3.80. The van der Waals surface area contributed by atoms with Gasteiger partial charge in [0.1, 0.15) is 5.82 Å². The number of furan rings is 1. The first kappa shape index (κ1) is 16.8. The summed E-state index contributed by atoms with van der Waals surface area (Å²) < 4.78 is 10.8. The molecule has 1 amide bonds. The fraction of sp³-hybridized carbons (Fsp3) is 0.412. The van der Waals surface area contributed by atoms with Crippen molar-refractivity contribution in [1.82, 2.24) is 10.3 Å². The van der Waals surface area contributed by atoms with E-state index < -0.39 is 0 Å². The molecule has 0 unspecified atom stereocenters. The number of rotatable bonds is 4. The molecule has 6 nitrogen and oxygen atoms in total. The Morgan fingerprint density at radius 3 is 2.62 bits per heavy atom. The number of halogens is 1. The second kappa shape index (κ2) is 7.23. The van der Waals surface area contributed by atoms with Crippen molar-refractivity contribution in [2.45, 2.75) is 32.6 Å². The van der Waals surface area contributed by atoms with E-state index in [4.69, 9.17) is 20.8 Å². The number of hydrogen-bond acceptors (Lipinski definition) is 5. The lowest BCUT2D eigenvalue weighted by Gasteiger charge is -2.36. The lowest BCUT2D eigenvalue weighted by atomic mass is 10.2. The van der Waals surface area contributed by atoms with E-state index in [0.717, 1.165) is 24.5 Å². The van der Waals surface area contributed by atoms with Crippen LogP contribution in [0.15, 0.2) is 34.9 Å². The number of hydrogen-bond donors (Lipinski definition) is 1. The van der Waals surface area contributed by atoms with Gasteiger partial charge in [0, 0.05) is 25.8 Å². The minimum Gasteiger partial charge on any atom is -0.440 e. The van der Waals surface area contributed by atoms with Crippen LogP contribution in [0.25, 0.3) is 0 Å². The standard InChI is InChI=1S/C17H20ClN3O3/c1-11-9-21(10-12(2)23-11)16-6-3-13(7-19-16)8-20-17(22)14-4-5-15(18)24-14/h3-7,11-12H,8-10H2,1-2H3,(H,20,22)/t11-,12+. The van der Waals surface area contributed by atoms with Gasteiger partial charge in [-0.3, -0.25) is 4.79 Å². The second-order valence-electron chi connectivity index (χ2n) is 5.97. The molecule has 2 atom stereocenters. The number of pyridine rings is 1. The molecule has 24 heavy (non-hydrogen) atoms. The number of morpholine rings is 1. The van der Waals surface area contributed by atoms with Gasteiger partial charge in [-0.1, -0.05) is 6.07 Å². The van der Waals surface area contributed by atoms with E-state index in [-0.39, 0.29) is 29.1 Å². The number of nitrogens with one attached hydrogen (secondary N) is 1. The Hall–Kier alpha value is -2.05. The Morgan fingerprint density at radius 2 is 2.04 bits per heavy atom. The van der Waals surface area contributed by atoms with Crippen molar-refractivity contribution in [3.05, 3.63) is 47.0 Å². The van der Waals surface area contributed by atoms with Crippen LogP contribution in [0.1, 0.15) is 30.0 Å². The number of nitrogens with zero attached hydrogens (tertiary/aromatic N) is 2. The first-order valence-corrected chi connectivity index (χ1v) is 8.28. The van der Waals surface area contributed by atoms with Crippen LogP contribution in [0.2, 0.25) is 5.22 Å². The summed E-state index contributed by atoms with van der Waals surface area (Å²) >= 11 is 5.66. The molecule has 128 valence electrons. The smallest absolute Gasteiger partial charge is 0.287 e. The molecule has 1 saturated heterocycles. The zero-order valence-corrected chi connectivity index (χ0v) is 14.4. The normalized spacial score (nSPS) is 20.9. The number of amides is 1. The van der Waals surface area contributed by atoms with E-state index in [1.807, 2.05) is 12.1 Å². The molecule has 0 aromatic carbocycles. The lowest BCUT2D eigenvalue weighted by molar-refractivity contribution is -0.00546. The highest BCUT2D eigenvalue weighted by atomic mass is 35.5. The summed E-state index contributed by atoms with van der Waals surface area (Å²) in [6.07, 6.45) is 2.15. The Bertz CT molecular complexity index is 691. The molecule has 2 aromatic heterocycles. The largest absolute Gasteiger partial charge is 0.440 e. The quantitative estimate of drug-likeness (QED) is 0.919. The van der Waals surface area contributed by atoms with E-state index in [9.17, 15) is 4.79 Å². The van der Waals surface area contributed by atoms with Gasteiger partial charge in [-0.2, -0.15) is 0 Å². The molecule has 0 bridgehead atoms. The zero-order valence-electron chi connectivity index (χ0n) is 13.7. The number of carbonyl (C=O) groups is 1. The highest BCUT2D eigenvalue weighted by molar-refractivity contribution is 6.29. The van der Waals surface area contributed by atoms with Crippen molar-refractivity contribution >= 4 is 23.3 Å². The second-order valence-corrected chi connectivity index (χ2v) is 6.35. The summed E-state index contributed by atoms with van der Waals surface area (Å²) in [5.74, 6) is 0.813. The minimum atomic E-state index is -0.304. The molecule has 3 heterocycles. The minimum absolute atomic E-state index is 0.189. The number of carbonyl (C=O) groups excluding carboxylic acids is 1. The molecule has 7 heteroatoms. The summed E-state index contributed by atoms with van der Waals surface area (Å²) in [5, 5.41) is 2.97. The maximum absolute atomic E-state index is 11.9. The van der Waals surface area contributed by atoms with Crippen LogP contribution in [0.4, 0.5) is 5.82 Å². The van der Waals surface area contributed by atoms with Gasteiger partial charge in [0.25, 0.3) is 5.91 Å². The van der Waals surface area contributed by atoms with E-state index in [1.165, 1.54) is 6.07 Å². The SMILES string of the molecule is C[C@@H]1CN(c2ccc(CNC(=O)c3ccc(Cl)o3)cn2)C[C@H](C)O1. The molecular formula is C17H20ClN3O3. The average molecular weight is 350 g/mol. The molecule has 0 aliphatic carbocycles. The number of ether oxygens (including phenoxy) is 1. The first-order valence-electron chi connectivity index (χ1n) is 7.90. The van der Waals surface area contributed by atoms with Crippen LogP contribution in [0.3, 0.4) is 0 Å². The third kappa shape index (κ3) is 4.07. The van der Waals surface area contributed by atoms with Gasteiger partial charge in [-0.05, 0) is 49.2 Å². The fourth-order valence-electron chi connectivity index (χ4n) is 2.78. The zero-order chi connectivity index (χ0) is 17.1. The van der Waals surface area contributed by atoms with E-state index >= 15 is 0 Å². The predicted molar refractivity (Wildman–Crippen MR) is 91.3 cm³/mol. The van der Waals surface area contributed by atoms with Crippen LogP contribution in [0.5, 0.6) is 0 Å². The van der Waals surface area contributed by atoms with Gasteiger partial charge in [0.15, 0.2) is 11.0 Å². The molecule has 0 spiro atoms. The molecule has 1 aliphatic heterocycles. The number of aromatic nitrogens is 1. The van der Waals surface area contributed by atoms with Crippen molar-refractivity contribution in [3.8, 4) is 0 Å². The maximum atomic E-state index is 11.9. The molecule has 2 aromatic rings. The summed E-state index contributed by atoms with van der Waals surface area (Å²) in [5.41, 5.74) is 0.916. The van der Waals surface area contributed by atoms with Crippen molar-refractivity contribution in [2.75, 3.05) is 18.0 Å². The van der Waals surface area contributed by atoms with Crippen molar-refractivity contribution in [1.29, 1.82) is 0 Å². The van der Waals surface area contributed by atoms with Gasteiger partial charge < -0.3 is 19.4 Å². The first-order chi connectivity index (χ1) is 11.5. The Kier molecular flexibility index (Phi) is 5.06. The Morgan fingerprint density at radius 1 is 1.29 bits per heavy atom. The van der Waals surface area contributed by atoms with Crippen LogP contribution in [-0.4, -0.2) is 36.2 Å². The molecular weight excluding hydrogens is 330 g/mol. The molecule has 0 radical (unpaired) electrons. The van der Waals surface area contributed by atoms with Gasteiger partial charge in [-0.25, -0.2) is 4.98 Å². The summed E-state index contributed by atoms with van der Waals surface area (Å²) in [7, 11) is 0. The van der Waals surface area contributed by atoms with Crippen LogP contribution in [0, 0.1) is 0 Å². The summed E-state index contributed by atoms with van der Waals surface area (Å²) in [6, 6.07) is 7.01. The van der Waals surface area contributed by atoms with Crippen LogP contribution >= 0.6 is 11.6 Å². The highest BCUT2D eigenvalue weighted by Crippen LogP contribution is 2.18. The lowest BCUT2D eigenvalue weighted by Crippen LogP contribution is -2.45. The van der Waals surface area contributed by atoms with Crippen molar-refractivity contribution < 1.29 is 13.9 Å². The van der Waals surface area contributed by atoms with E-state index in [2.05, 4.69) is 29.0 Å². The highest BCUT2D eigenvalue weighted by Gasteiger charge is 2.23. The van der Waals surface area contributed by atoms with Crippen molar-refractivity contribution in [2.24, 2.45) is 0 Å². The van der Waals surface area contributed by atoms with E-state index in [0.29, 0.717) is 6.54 Å². The Labute approximate surface area is 145 Å². The number of anilines is 1. The molecule has 1 aliphatic rings. The van der Waals surface area contributed by atoms with Gasteiger partial charge in [-0.15, -0.1) is 0 Å². The van der Waals surface area contributed by atoms with Crippen LogP contribution < -0.4 is 10.2 Å². The molecule has 3 rings (SSSR count). The fourth-order valence-corrected chi connectivity index (χ4v) is 2.93. The monoisotopic (exact) mass is 349 g/mol. The third-order valence-corrected chi connectivity index (χ3v) is 4.01. The van der Waals surface area contributed by atoms with Gasteiger partial charge in [0.05, 0.1) is 12.2 Å². The maximum Gasteiger partial charge on any atom is 0.287 e. The summed E-state index contributed by atoms with van der Waals surface area (Å²) in [6.45, 7) is 6.15. The van der Waals surface area contributed by atoms with Crippen LogP contribution in [-0.2, 0) is 11.3 Å². The van der Waals surface area contributed by atoms with Gasteiger partial charge >= 0.3 is 0 Å². The van der Waals surface area contributed by atoms with E-state index in [1.54, 1.807) is 12.3 Å².